The second kappa shape index (κ2) is 7.77. The molecule has 1 aromatic rings. The monoisotopic (exact) mass is 276 g/mol. The Morgan fingerprint density at radius 2 is 1.70 bits per heavy atom. The molecule has 1 saturated heterocycles. The summed E-state index contributed by atoms with van der Waals surface area (Å²) in [5.41, 5.74) is 2.76. The summed E-state index contributed by atoms with van der Waals surface area (Å²) in [6.07, 6.45) is 1.87. The molecule has 0 saturated carbocycles. The highest BCUT2D eigenvalue weighted by molar-refractivity contribution is 5.22. The van der Waals surface area contributed by atoms with E-state index in [-0.39, 0.29) is 0 Å². The molecule has 2 atom stereocenters. The lowest BCUT2D eigenvalue weighted by Crippen LogP contribution is -2.44. The Labute approximate surface area is 123 Å². The number of hydrogen-bond donors (Lipinski definition) is 1. The first-order chi connectivity index (χ1) is 9.67. The third-order valence-corrected chi connectivity index (χ3v) is 3.68. The first-order valence-corrected chi connectivity index (χ1v) is 7.83. The highest BCUT2D eigenvalue weighted by Crippen LogP contribution is 2.14. The van der Waals surface area contributed by atoms with Crippen LogP contribution in [0.4, 0.5) is 0 Å². The van der Waals surface area contributed by atoms with Gasteiger partial charge in [-0.2, -0.15) is 0 Å². The van der Waals surface area contributed by atoms with Crippen molar-refractivity contribution in [2.45, 2.75) is 52.5 Å². The summed E-state index contributed by atoms with van der Waals surface area (Å²) in [6.45, 7) is 11.7. The largest absolute Gasteiger partial charge is 0.373 e. The summed E-state index contributed by atoms with van der Waals surface area (Å²) >= 11 is 0. The van der Waals surface area contributed by atoms with Gasteiger partial charge in [0, 0.05) is 26.2 Å². The standard InChI is InChI=1S/C17H28N2O/c1-4-9-18-10-16-5-7-17(8-6-16)13-19-11-14(2)20-15(3)12-19/h5-8,14-15,18H,4,9-13H2,1-3H3. The minimum Gasteiger partial charge on any atom is -0.373 e. The zero-order valence-electron chi connectivity index (χ0n) is 13.1. The van der Waals surface area contributed by atoms with Crippen LogP contribution in [0.25, 0.3) is 0 Å². The van der Waals surface area contributed by atoms with Gasteiger partial charge in [0.05, 0.1) is 12.2 Å². The molecule has 0 bridgehead atoms. The van der Waals surface area contributed by atoms with Gasteiger partial charge in [0.2, 0.25) is 0 Å². The van der Waals surface area contributed by atoms with Crippen LogP contribution in [0.5, 0.6) is 0 Å². The first-order valence-electron chi connectivity index (χ1n) is 7.83. The Kier molecular flexibility index (Phi) is 6.02. The van der Waals surface area contributed by atoms with Gasteiger partial charge in [-0.1, -0.05) is 31.2 Å². The van der Waals surface area contributed by atoms with E-state index in [4.69, 9.17) is 4.74 Å². The predicted molar refractivity (Wildman–Crippen MR) is 83.7 cm³/mol. The Morgan fingerprint density at radius 3 is 2.30 bits per heavy atom. The van der Waals surface area contributed by atoms with E-state index in [0.717, 1.165) is 32.7 Å². The zero-order valence-corrected chi connectivity index (χ0v) is 13.1. The molecule has 2 rings (SSSR count). The van der Waals surface area contributed by atoms with Gasteiger partial charge < -0.3 is 10.1 Å². The van der Waals surface area contributed by atoms with Gasteiger partial charge in [-0.3, -0.25) is 4.90 Å². The van der Waals surface area contributed by atoms with E-state index in [9.17, 15) is 0 Å². The van der Waals surface area contributed by atoms with E-state index in [0.29, 0.717) is 12.2 Å². The molecule has 112 valence electrons. The van der Waals surface area contributed by atoms with Crippen LogP contribution >= 0.6 is 0 Å². The van der Waals surface area contributed by atoms with Crippen LogP contribution in [0, 0.1) is 0 Å². The van der Waals surface area contributed by atoms with Crippen molar-refractivity contribution in [3.8, 4) is 0 Å². The van der Waals surface area contributed by atoms with Crippen molar-refractivity contribution in [3.63, 3.8) is 0 Å². The average Bonchev–Trinajstić information content (AvgIpc) is 2.40. The van der Waals surface area contributed by atoms with Crippen LogP contribution in [0.3, 0.4) is 0 Å². The second-order valence-corrected chi connectivity index (χ2v) is 5.94. The number of ether oxygens (including phenoxy) is 1. The fraction of sp³-hybridized carbons (Fsp3) is 0.647. The van der Waals surface area contributed by atoms with E-state index >= 15 is 0 Å². The lowest BCUT2D eigenvalue weighted by Gasteiger charge is -2.35. The molecule has 2 unspecified atom stereocenters. The number of morpholine rings is 1. The molecule has 3 nitrogen and oxygen atoms in total. The third-order valence-electron chi connectivity index (χ3n) is 3.68. The lowest BCUT2D eigenvalue weighted by molar-refractivity contribution is -0.0704. The Morgan fingerprint density at radius 1 is 1.10 bits per heavy atom. The van der Waals surface area contributed by atoms with Crippen molar-refractivity contribution < 1.29 is 4.74 Å². The molecule has 1 aliphatic rings. The highest BCUT2D eigenvalue weighted by Gasteiger charge is 2.21. The first kappa shape index (κ1) is 15.5. The third kappa shape index (κ3) is 4.89. The minimum absolute atomic E-state index is 0.344. The number of hydrogen-bond acceptors (Lipinski definition) is 3. The predicted octanol–water partition coefficient (Wildman–Crippen LogP) is 2.80. The maximum atomic E-state index is 5.78. The molecule has 1 aromatic carbocycles. The van der Waals surface area contributed by atoms with Crippen molar-refractivity contribution in [3.05, 3.63) is 35.4 Å². The van der Waals surface area contributed by atoms with Crippen molar-refractivity contribution in [2.24, 2.45) is 0 Å². The normalized spacial score (nSPS) is 23.9. The van der Waals surface area contributed by atoms with Crippen molar-refractivity contribution in [1.29, 1.82) is 0 Å². The van der Waals surface area contributed by atoms with Crippen LogP contribution in [0.2, 0.25) is 0 Å². The molecule has 3 heteroatoms. The van der Waals surface area contributed by atoms with Crippen molar-refractivity contribution >= 4 is 0 Å². The van der Waals surface area contributed by atoms with Gasteiger partial charge in [-0.05, 0) is 37.9 Å². The van der Waals surface area contributed by atoms with Gasteiger partial charge in [0.15, 0.2) is 0 Å². The van der Waals surface area contributed by atoms with Gasteiger partial charge in [0.25, 0.3) is 0 Å². The molecule has 1 heterocycles. The van der Waals surface area contributed by atoms with E-state index in [1.165, 1.54) is 17.5 Å². The number of benzene rings is 1. The molecule has 0 aromatic heterocycles. The molecule has 1 N–H and O–H groups in total. The minimum atomic E-state index is 0.344. The van der Waals surface area contributed by atoms with Crippen LogP contribution in [0.1, 0.15) is 38.3 Å². The fourth-order valence-corrected chi connectivity index (χ4v) is 2.84. The number of rotatable bonds is 6. The van der Waals surface area contributed by atoms with Crippen molar-refractivity contribution in [1.82, 2.24) is 10.2 Å². The maximum absolute atomic E-state index is 5.78. The van der Waals surface area contributed by atoms with Gasteiger partial charge in [-0.15, -0.1) is 0 Å². The molecule has 0 amide bonds. The summed E-state index contributed by atoms with van der Waals surface area (Å²) in [5, 5.41) is 3.44. The summed E-state index contributed by atoms with van der Waals surface area (Å²) in [5.74, 6) is 0. The second-order valence-electron chi connectivity index (χ2n) is 5.94. The molecule has 0 spiro atoms. The summed E-state index contributed by atoms with van der Waals surface area (Å²) < 4.78 is 5.78. The molecule has 1 aliphatic heterocycles. The van der Waals surface area contributed by atoms with Crippen molar-refractivity contribution in [2.75, 3.05) is 19.6 Å². The van der Waals surface area contributed by atoms with E-state index < -0.39 is 0 Å². The Bertz CT molecular complexity index is 380. The molecule has 0 radical (unpaired) electrons. The Hall–Kier alpha value is -0.900. The number of nitrogens with one attached hydrogen (secondary N) is 1. The van der Waals surface area contributed by atoms with Crippen LogP contribution < -0.4 is 5.32 Å². The maximum Gasteiger partial charge on any atom is 0.0678 e. The summed E-state index contributed by atoms with van der Waals surface area (Å²) in [6, 6.07) is 9.00. The van der Waals surface area contributed by atoms with Crippen LogP contribution in [-0.2, 0) is 17.8 Å². The topological polar surface area (TPSA) is 24.5 Å². The summed E-state index contributed by atoms with van der Waals surface area (Å²) in [4.78, 5) is 2.49. The highest BCUT2D eigenvalue weighted by atomic mass is 16.5. The smallest absolute Gasteiger partial charge is 0.0678 e. The quantitative estimate of drug-likeness (QED) is 0.809. The van der Waals surface area contributed by atoms with E-state index in [1.807, 2.05) is 0 Å². The van der Waals surface area contributed by atoms with E-state index in [1.54, 1.807) is 0 Å². The molecule has 1 fully saturated rings. The van der Waals surface area contributed by atoms with Crippen LogP contribution in [0.15, 0.2) is 24.3 Å². The Balaban J connectivity index is 1.83. The SMILES string of the molecule is CCCNCc1ccc(CN2CC(C)OC(C)C2)cc1. The zero-order chi connectivity index (χ0) is 14.4. The van der Waals surface area contributed by atoms with Gasteiger partial charge >= 0.3 is 0 Å². The molecule has 20 heavy (non-hydrogen) atoms. The summed E-state index contributed by atoms with van der Waals surface area (Å²) in [7, 11) is 0. The van der Waals surface area contributed by atoms with Gasteiger partial charge in [0.1, 0.15) is 0 Å². The van der Waals surface area contributed by atoms with E-state index in [2.05, 4.69) is 55.3 Å². The average molecular weight is 276 g/mol. The fourth-order valence-electron chi connectivity index (χ4n) is 2.84. The van der Waals surface area contributed by atoms with Gasteiger partial charge in [-0.25, -0.2) is 0 Å². The molecular weight excluding hydrogens is 248 g/mol. The lowest BCUT2D eigenvalue weighted by atomic mass is 10.1. The number of nitrogens with zero attached hydrogens (tertiary/aromatic N) is 1. The molecule has 0 aliphatic carbocycles. The van der Waals surface area contributed by atoms with Crippen LogP contribution in [-0.4, -0.2) is 36.7 Å². The molecular formula is C17H28N2O.